The Morgan fingerprint density at radius 1 is 1.32 bits per heavy atom. The molecule has 38 heavy (non-hydrogen) atoms. The molecule has 15 heteroatoms. The number of likely N-dealkylation sites (N-methyl/N-ethyl adjacent to an activating group) is 1. The average Bonchev–Trinajstić information content (AvgIpc) is 3.42. The summed E-state index contributed by atoms with van der Waals surface area (Å²) in [6.07, 6.45) is -3.30. The van der Waals surface area contributed by atoms with Gasteiger partial charge in [0.15, 0.2) is 5.57 Å². The van der Waals surface area contributed by atoms with Gasteiger partial charge >= 0.3 is 6.18 Å². The Morgan fingerprint density at radius 2 is 2.05 bits per heavy atom. The zero-order chi connectivity index (χ0) is 28.0. The zero-order valence-electron chi connectivity index (χ0n) is 20.4. The van der Waals surface area contributed by atoms with Crippen molar-refractivity contribution in [3.8, 4) is 6.07 Å². The first-order valence-corrected chi connectivity index (χ1v) is 12.1. The lowest BCUT2D eigenvalue weighted by Crippen LogP contribution is -2.38. The summed E-state index contributed by atoms with van der Waals surface area (Å²) in [6, 6.07) is 8.33. The molecule has 0 unspecified atom stereocenters. The summed E-state index contributed by atoms with van der Waals surface area (Å²) in [5.41, 5.74) is -0.0698. The normalized spacial score (nSPS) is 15.1. The van der Waals surface area contributed by atoms with Crippen molar-refractivity contribution in [3.63, 3.8) is 0 Å². The fourth-order valence-electron chi connectivity index (χ4n) is 3.48. The molecule has 1 aliphatic heterocycles. The Bertz CT molecular complexity index is 1460. The molecule has 3 amide bonds. The van der Waals surface area contributed by atoms with E-state index < -0.39 is 29.8 Å². The second-order valence-electron chi connectivity index (χ2n) is 8.14. The average molecular weight is 552 g/mol. The van der Waals surface area contributed by atoms with Gasteiger partial charge in [0, 0.05) is 31.2 Å². The van der Waals surface area contributed by atoms with Crippen molar-refractivity contribution in [3.05, 3.63) is 43.8 Å². The van der Waals surface area contributed by atoms with Crippen LogP contribution < -0.4 is 35.6 Å². The lowest BCUT2D eigenvalue weighted by atomic mass is 10.2. The first-order valence-electron chi connectivity index (χ1n) is 11.2. The van der Waals surface area contributed by atoms with Gasteiger partial charge < -0.3 is 20.9 Å². The van der Waals surface area contributed by atoms with Crippen LogP contribution in [0.2, 0.25) is 0 Å². The van der Waals surface area contributed by atoms with Gasteiger partial charge in [-0.2, -0.15) is 18.4 Å². The van der Waals surface area contributed by atoms with E-state index in [9.17, 15) is 37.6 Å². The fourth-order valence-corrected chi connectivity index (χ4v) is 4.56. The maximum absolute atomic E-state index is 12.8. The molecule has 1 saturated heterocycles. The summed E-state index contributed by atoms with van der Waals surface area (Å²) in [5, 5.41) is 16.6. The number of thiazole rings is 1. The van der Waals surface area contributed by atoms with Crippen molar-refractivity contribution >= 4 is 52.2 Å². The molecule has 0 radical (unpaired) electrons. The molecule has 2 aromatic rings. The van der Waals surface area contributed by atoms with Gasteiger partial charge in [-0.1, -0.05) is 6.07 Å². The summed E-state index contributed by atoms with van der Waals surface area (Å²) in [5.74, 6) is -1.62. The van der Waals surface area contributed by atoms with Gasteiger partial charge in [-0.3, -0.25) is 28.6 Å². The number of halogens is 3. The third-order valence-electron chi connectivity index (χ3n) is 5.43. The minimum Gasteiger partial charge on any atom is -0.360 e. The summed E-state index contributed by atoms with van der Waals surface area (Å²) in [7, 11) is 1.59. The highest BCUT2D eigenvalue weighted by molar-refractivity contribution is 7.07. The van der Waals surface area contributed by atoms with Gasteiger partial charge in [0.1, 0.15) is 21.8 Å². The van der Waals surface area contributed by atoms with Gasteiger partial charge in [0.2, 0.25) is 11.8 Å². The molecule has 1 aromatic heterocycles. The van der Waals surface area contributed by atoms with Crippen LogP contribution in [0.1, 0.15) is 6.92 Å². The first-order chi connectivity index (χ1) is 17.9. The molecule has 1 aliphatic rings. The molecule has 1 fully saturated rings. The number of hydrogen-bond donors (Lipinski definition) is 3. The monoisotopic (exact) mass is 551 g/mol. The minimum atomic E-state index is -4.66. The molecule has 0 atom stereocenters. The fraction of sp³-hybridized carbons (Fsp3) is 0.348. The lowest BCUT2D eigenvalue weighted by molar-refractivity contribution is -0.135. The number of aromatic nitrogens is 1. The summed E-state index contributed by atoms with van der Waals surface area (Å²) < 4.78 is 38.6. The second kappa shape index (κ2) is 11.9. The van der Waals surface area contributed by atoms with E-state index in [1.165, 1.54) is 11.1 Å². The van der Waals surface area contributed by atoms with Crippen LogP contribution in [0.5, 0.6) is 0 Å². The predicted octanol–water partition coefficient (Wildman–Crippen LogP) is -0.515. The Morgan fingerprint density at radius 3 is 2.66 bits per heavy atom. The highest BCUT2D eigenvalue weighted by atomic mass is 32.1. The number of hydrogen-bond acceptors (Lipinski definition) is 8. The molecular formula is C23H24F3N7O4S. The molecule has 0 spiro atoms. The van der Waals surface area contributed by atoms with Gasteiger partial charge in [-0.05, 0) is 25.1 Å². The SMILES string of the molecule is CCn1c(=C(C#N)C(=O)NCC(F)(F)F)sc(=CNc2cccc(N(C)C(=O)CN3CNC(=O)C3)c2)c1=O. The molecule has 2 heterocycles. The van der Waals surface area contributed by atoms with E-state index in [2.05, 4.69) is 10.6 Å². The molecule has 11 nitrogen and oxygen atoms in total. The van der Waals surface area contributed by atoms with Gasteiger partial charge in [0.05, 0.1) is 19.8 Å². The predicted molar refractivity (Wildman–Crippen MR) is 134 cm³/mol. The highest BCUT2D eigenvalue weighted by Crippen LogP contribution is 2.19. The number of nitrogens with one attached hydrogen (secondary N) is 3. The number of alkyl halides is 3. The van der Waals surface area contributed by atoms with Gasteiger partial charge in [-0.15, -0.1) is 11.3 Å². The molecule has 0 saturated carbocycles. The number of benzene rings is 1. The van der Waals surface area contributed by atoms with E-state index in [0.29, 0.717) is 18.0 Å². The number of amides is 3. The molecule has 1 aromatic carbocycles. The van der Waals surface area contributed by atoms with Crippen molar-refractivity contribution in [1.29, 1.82) is 5.26 Å². The van der Waals surface area contributed by atoms with Crippen LogP contribution >= 0.6 is 11.3 Å². The van der Waals surface area contributed by atoms with Crippen molar-refractivity contribution < 1.29 is 27.6 Å². The van der Waals surface area contributed by atoms with Gasteiger partial charge in [-0.25, -0.2) is 0 Å². The van der Waals surface area contributed by atoms with E-state index >= 15 is 0 Å². The smallest absolute Gasteiger partial charge is 0.360 e. The van der Waals surface area contributed by atoms with Crippen molar-refractivity contribution in [2.24, 2.45) is 0 Å². The Kier molecular flexibility index (Phi) is 8.92. The number of rotatable bonds is 8. The number of anilines is 2. The third-order valence-corrected chi connectivity index (χ3v) is 6.56. The summed E-state index contributed by atoms with van der Waals surface area (Å²) >= 11 is 0.785. The van der Waals surface area contributed by atoms with E-state index in [4.69, 9.17) is 0 Å². The molecule has 202 valence electrons. The largest absolute Gasteiger partial charge is 0.405 e. The second-order valence-corrected chi connectivity index (χ2v) is 9.17. The van der Waals surface area contributed by atoms with Crippen LogP contribution in [-0.4, -0.2) is 66.7 Å². The van der Waals surface area contributed by atoms with Crippen LogP contribution in [-0.2, 0) is 20.9 Å². The molecule has 3 rings (SSSR count). The molecule has 3 N–H and O–H groups in total. The van der Waals surface area contributed by atoms with Crippen molar-refractivity contribution in [2.45, 2.75) is 19.6 Å². The van der Waals surface area contributed by atoms with Crippen LogP contribution in [0, 0.1) is 11.3 Å². The number of nitriles is 1. The number of carbonyl (C=O) groups excluding carboxylic acids is 3. The standard InChI is InChI=1S/C23H24F3N7O4S/c1-3-33-21(37)17(38-22(33)16(8-27)20(36)29-12-23(24,25)26)9-28-14-5-4-6-15(7-14)31(2)19(35)11-32-10-18(34)30-13-32/h4-7,9,28H,3,10-13H2,1-2H3,(H,29,36)(H,30,34). The van der Waals surface area contributed by atoms with E-state index in [1.54, 1.807) is 54.5 Å². The maximum Gasteiger partial charge on any atom is 0.405 e. The van der Waals surface area contributed by atoms with Crippen LogP contribution in [0.15, 0.2) is 29.1 Å². The van der Waals surface area contributed by atoms with Crippen LogP contribution in [0.25, 0.3) is 11.8 Å². The zero-order valence-corrected chi connectivity index (χ0v) is 21.2. The molecule has 0 aliphatic carbocycles. The minimum absolute atomic E-state index is 0.0435. The summed E-state index contributed by atoms with van der Waals surface area (Å²) in [6.45, 7) is 0.547. The van der Waals surface area contributed by atoms with Crippen molar-refractivity contribution in [1.82, 2.24) is 20.1 Å². The summed E-state index contributed by atoms with van der Waals surface area (Å²) in [4.78, 5) is 52.1. The van der Waals surface area contributed by atoms with Crippen LogP contribution in [0.4, 0.5) is 24.5 Å². The van der Waals surface area contributed by atoms with Gasteiger partial charge in [0.25, 0.3) is 11.5 Å². The maximum atomic E-state index is 12.8. The highest BCUT2D eigenvalue weighted by Gasteiger charge is 2.29. The quantitative estimate of drug-likeness (QED) is 0.402. The van der Waals surface area contributed by atoms with Crippen molar-refractivity contribution in [2.75, 3.05) is 43.6 Å². The molecule has 0 bridgehead atoms. The first kappa shape index (κ1) is 28.4. The van der Waals surface area contributed by atoms with Crippen LogP contribution in [0.3, 0.4) is 0 Å². The number of carbonyl (C=O) groups is 3. The lowest BCUT2D eigenvalue weighted by Gasteiger charge is -2.21. The topological polar surface area (TPSA) is 140 Å². The molecular weight excluding hydrogens is 527 g/mol. The third kappa shape index (κ3) is 6.99. The Labute approximate surface area is 218 Å². The Balaban J connectivity index is 1.84. The van der Waals surface area contributed by atoms with E-state index in [0.717, 1.165) is 15.9 Å². The van der Waals surface area contributed by atoms with E-state index in [-0.39, 0.29) is 40.6 Å². The number of nitrogens with zero attached hydrogens (tertiary/aromatic N) is 4. The Hall–Kier alpha value is -4.16. The van der Waals surface area contributed by atoms with E-state index in [1.807, 2.05) is 0 Å².